The molecule has 7 N–H and O–H groups in total. The minimum absolute atomic E-state index is 0.121. The first-order chi connectivity index (χ1) is 9.28. The third-order valence-corrected chi connectivity index (χ3v) is 2.23. The van der Waals surface area contributed by atoms with Crippen molar-refractivity contribution in [2.24, 2.45) is 0 Å². The Morgan fingerprint density at radius 2 is 1.38 bits per heavy atom. The molecule has 0 amide bonds. The lowest BCUT2D eigenvalue weighted by Crippen LogP contribution is -2.24. The molecule has 0 heterocycles. The molecule has 0 saturated carbocycles. The van der Waals surface area contributed by atoms with E-state index in [9.17, 15) is 18.7 Å². The van der Waals surface area contributed by atoms with Crippen molar-refractivity contribution in [2.45, 2.75) is 12.2 Å². The van der Waals surface area contributed by atoms with Gasteiger partial charge in [0.25, 0.3) is 0 Å². The maximum Gasteiger partial charge on any atom is 0.469 e. The Labute approximate surface area is 117 Å². The maximum atomic E-state index is 9.93. The van der Waals surface area contributed by atoms with Crippen molar-refractivity contribution in [1.82, 2.24) is 0 Å². The molecule has 2 unspecified atom stereocenters. The summed E-state index contributed by atoms with van der Waals surface area (Å²) in [5.74, 6) is -1.60. The highest BCUT2D eigenvalue weighted by atomic mass is 31.2. The number of carbonyl (C=O) groups excluding carboxylic acids is 1. The number of rotatable bonds is 8. The molecule has 0 aromatic heterocycles. The van der Waals surface area contributed by atoms with Crippen LogP contribution in [0, 0.1) is 0 Å². The number of phosphoric acid groups is 2. The molecule has 0 fully saturated rings. The van der Waals surface area contributed by atoms with Gasteiger partial charge in [0.05, 0.1) is 13.2 Å². The Morgan fingerprint density at radius 1 is 1.00 bits per heavy atom. The highest BCUT2D eigenvalue weighted by Crippen LogP contribution is 2.36. The number of aliphatic carboxylic acids is 1. The van der Waals surface area contributed by atoms with Gasteiger partial charge in [0.2, 0.25) is 0 Å². The van der Waals surface area contributed by atoms with Crippen molar-refractivity contribution in [3.8, 4) is 0 Å². The Bertz CT molecular complexity index is 409. The number of aliphatic hydroxyl groups is 2. The summed E-state index contributed by atoms with van der Waals surface area (Å²) >= 11 is 0. The Hall–Kier alpha value is -0.720. The number of phosphoric ester groups is 2. The van der Waals surface area contributed by atoms with Gasteiger partial charge in [0.15, 0.2) is 12.4 Å². The number of carboxylic acid groups (broad SMARTS) is 1. The Balaban J connectivity index is 0. The summed E-state index contributed by atoms with van der Waals surface area (Å²) in [5.41, 5.74) is 0. The number of carboxylic acids is 1. The van der Waals surface area contributed by atoms with Gasteiger partial charge in [-0.25, -0.2) is 13.9 Å². The zero-order valence-electron chi connectivity index (χ0n) is 10.1. The van der Waals surface area contributed by atoms with E-state index in [1.807, 2.05) is 0 Å². The van der Waals surface area contributed by atoms with Crippen molar-refractivity contribution in [1.29, 1.82) is 0 Å². The monoisotopic (exact) mass is 356 g/mol. The standard InChI is InChI=1S/C3H7O7P.C3H7O6P/c4-2(3(5)6)1-10-11(7,8)9;4-1-3(5)2-9-10(6,7)8/h2,4H,1H2,(H,5,6)(H2,7,8,9);1,3,5H,2H2,(H2,6,7,8). The Kier molecular flexibility index (Phi) is 10.8. The normalized spacial score (nSPS) is 14.6. The van der Waals surface area contributed by atoms with Gasteiger partial charge in [-0.05, 0) is 0 Å². The minimum Gasteiger partial charge on any atom is -0.479 e. The molecule has 15 heteroatoms. The lowest BCUT2D eigenvalue weighted by atomic mass is 10.4. The fourth-order valence-corrected chi connectivity index (χ4v) is 1.13. The zero-order valence-corrected chi connectivity index (χ0v) is 11.9. The van der Waals surface area contributed by atoms with Gasteiger partial charge >= 0.3 is 21.6 Å². The third kappa shape index (κ3) is 19.3. The molecule has 0 saturated heterocycles. The summed E-state index contributed by atoms with van der Waals surface area (Å²) in [7, 11) is -9.23. The summed E-state index contributed by atoms with van der Waals surface area (Å²) in [6.45, 7) is -1.62. The molecule has 0 bridgehead atoms. The van der Waals surface area contributed by atoms with Crippen LogP contribution in [-0.4, -0.2) is 72.6 Å². The summed E-state index contributed by atoms with van der Waals surface area (Å²) in [6, 6.07) is 0. The van der Waals surface area contributed by atoms with E-state index in [-0.39, 0.29) is 6.29 Å². The highest BCUT2D eigenvalue weighted by Gasteiger charge is 2.20. The van der Waals surface area contributed by atoms with Crippen molar-refractivity contribution in [3.63, 3.8) is 0 Å². The molecular formula is C6H14O13P2. The number of aldehydes is 1. The van der Waals surface area contributed by atoms with Crippen LogP contribution in [0.15, 0.2) is 0 Å². The number of carbonyl (C=O) groups is 2. The smallest absolute Gasteiger partial charge is 0.469 e. The summed E-state index contributed by atoms with van der Waals surface area (Å²) < 4.78 is 27.3. The van der Waals surface area contributed by atoms with Gasteiger partial charge in [-0.3, -0.25) is 9.05 Å². The van der Waals surface area contributed by atoms with Gasteiger partial charge in [-0.1, -0.05) is 0 Å². The number of hydrogen-bond donors (Lipinski definition) is 7. The van der Waals surface area contributed by atoms with Crippen LogP contribution in [0.1, 0.15) is 0 Å². The van der Waals surface area contributed by atoms with Crippen LogP contribution in [0.5, 0.6) is 0 Å². The first-order valence-corrected chi connectivity index (χ1v) is 7.79. The van der Waals surface area contributed by atoms with Crippen molar-refractivity contribution in [3.05, 3.63) is 0 Å². The van der Waals surface area contributed by atoms with Crippen LogP contribution in [0.3, 0.4) is 0 Å². The minimum atomic E-state index is -4.68. The lowest BCUT2D eigenvalue weighted by Gasteiger charge is -2.06. The predicted molar refractivity (Wildman–Crippen MR) is 61.7 cm³/mol. The highest BCUT2D eigenvalue weighted by molar-refractivity contribution is 7.46. The average molecular weight is 356 g/mol. The van der Waals surface area contributed by atoms with Crippen LogP contribution < -0.4 is 0 Å². The van der Waals surface area contributed by atoms with E-state index < -0.39 is 47.0 Å². The number of hydrogen-bond acceptors (Lipinski definition) is 8. The second kappa shape index (κ2) is 10.1. The number of aliphatic hydroxyl groups excluding tert-OH is 2. The largest absolute Gasteiger partial charge is 0.479 e. The van der Waals surface area contributed by atoms with Crippen LogP contribution >= 0.6 is 15.6 Å². The maximum absolute atomic E-state index is 9.93. The second-order valence-electron chi connectivity index (χ2n) is 3.13. The van der Waals surface area contributed by atoms with E-state index in [2.05, 4.69) is 9.05 Å². The molecule has 21 heavy (non-hydrogen) atoms. The first-order valence-electron chi connectivity index (χ1n) is 4.73. The molecule has 2 atom stereocenters. The van der Waals surface area contributed by atoms with Gasteiger partial charge < -0.3 is 39.7 Å². The lowest BCUT2D eigenvalue weighted by molar-refractivity contribution is -0.148. The van der Waals surface area contributed by atoms with E-state index in [1.54, 1.807) is 0 Å². The molecule has 0 radical (unpaired) electrons. The van der Waals surface area contributed by atoms with E-state index in [1.165, 1.54) is 0 Å². The van der Waals surface area contributed by atoms with Crippen LogP contribution in [0.4, 0.5) is 0 Å². The summed E-state index contributed by atoms with van der Waals surface area (Å²) in [4.78, 5) is 51.6. The van der Waals surface area contributed by atoms with Gasteiger partial charge in [0.1, 0.15) is 6.10 Å². The van der Waals surface area contributed by atoms with Gasteiger partial charge in [-0.2, -0.15) is 0 Å². The predicted octanol–water partition coefficient (Wildman–Crippen LogP) is -2.80. The summed E-state index contributed by atoms with van der Waals surface area (Å²) in [5, 5.41) is 24.8. The fraction of sp³-hybridized carbons (Fsp3) is 0.667. The molecule has 0 aliphatic heterocycles. The molecular weight excluding hydrogens is 342 g/mol. The van der Waals surface area contributed by atoms with E-state index in [0.29, 0.717) is 0 Å². The third-order valence-electron chi connectivity index (χ3n) is 1.26. The van der Waals surface area contributed by atoms with E-state index in [0.717, 1.165) is 0 Å². The SMILES string of the molecule is O=C(O)C(O)COP(=O)(O)O.O=CC(O)COP(=O)(O)O. The van der Waals surface area contributed by atoms with Gasteiger partial charge in [0, 0.05) is 0 Å². The first kappa shape index (κ1) is 22.6. The van der Waals surface area contributed by atoms with Crippen molar-refractivity contribution >= 4 is 27.9 Å². The zero-order chi connectivity index (χ0) is 17.3. The summed E-state index contributed by atoms with van der Waals surface area (Å²) in [6.07, 6.45) is -3.27. The second-order valence-corrected chi connectivity index (χ2v) is 5.61. The quantitative estimate of drug-likeness (QED) is 0.172. The fourth-order valence-electron chi connectivity index (χ4n) is 0.452. The van der Waals surface area contributed by atoms with Crippen molar-refractivity contribution in [2.75, 3.05) is 13.2 Å². The van der Waals surface area contributed by atoms with Crippen LogP contribution in [0.2, 0.25) is 0 Å². The Morgan fingerprint density at radius 3 is 1.67 bits per heavy atom. The van der Waals surface area contributed by atoms with Gasteiger partial charge in [-0.15, -0.1) is 0 Å². The van der Waals surface area contributed by atoms with Crippen LogP contribution in [0.25, 0.3) is 0 Å². The molecule has 13 nitrogen and oxygen atoms in total. The molecule has 0 rings (SSSR count). The molecule has 126 valence electrons. The molecule has 0 spiro atoms. The molecule has 0 aliphatic rings. The molecule has 0 aromatic rings. The average Bonchev–Trinajstić information content (AvgIpc) is 2.31. The van der Waals surface area contributed by atoms with Crippen LogP contribution in [-0.2, 0) is 27.8 Å². The van der Waals surface area contributed by atoms with E-state index >= 15 is 0 Å². The van der Waals surface area contributed by atoms with E-state index in [4.69, 9.17) is 34.9 Å². The molecule has 0 aromatic carbocycles. The topological polar surface area (TPSA) is 228 Å². The van der Waals surface area contributed by atoms with Crippen molar-refractivity contribution < 1.29 is 62.7 Å². The molecule has 0 aliphatic carbocycles.